The number of pyridine rings is 1. The Labute approximate surface area is 108 Å². The Morgan fingerprint density at radius 1 is 1.56 bits per heavy atom. The highest BCUT2D eigenvalue weighted by Crippen LogP contribution is 2.19. The van der Waals surface area contributed by atoms with Crippen molar-refractivity contribution in [2.75, 3.05) is 20.1 Å². The van der Waals surface area contributed by atoms with E-state index in [0.29, 0.717) is 12.0 Å². The molecule has 98 valence electrons. The molecule has 0 aromatic carbocycles. The third-order valence-corrected chi connectivity index (χ3v) is 3.80. The van der Waals surface area contributed by atoms with Gasteiger partial charge in [0.15, 0.2) is 0 Å². The first-order valence-electron chi connectivity index (χ1n) is 6.51. The van der Waals surface area contributed by atoms with Crippen LogP contribution in [0.3, 0.4) is 0 Å². The zero-order valence-electron chi connectivity index (χ0n) is 11.3. The smallest absolute Gasteiger partial charge is 0.255 e. The van der Waals surface area contributed by atoms with Gasteiger partial charge in [0, 0.05) is 31.0 Å². The van der Waals surface area contributed by atoms with Gasteiger partial charge in [-0.05, 0) is 38.4 Å². The maximum atomic E-state index is 12.4. The van der Waals surface area contributed by atoms with E-state index < -0.39 is 0 Å². The zero-order chi connectivity index (χ0) is 13.1. The monoisotopic (exact) mass is 247 g/mol. The van der Waals surface area contributed by atoms with Gasteiger partial charge in [-0.1, -0.05) is 6.92 Å². The summed E-state index contributed by atoms with van der Waals surface area (Å²) in [5.41, 5.74) is 1.54. The largest absolute Gasteiger partial charge is 0.338 e. The molecule has 1 aromatic heterocycles. The van der Waals surface area contributed by atoms with Gasteiger partial charge in [0.05, 0.1) is 5.56 Å². The van der Waals surface area contributed by atoms with E-state index >= 15 is 0 Å². The van der Waals surface area contributed by atoms with Crippen LogP contribution >= 0.6 is 0 Å². The van der Waals surface area contributed by atoms with Crippen molar-refractivity contribution in [1.29, 1.82) is 0 Å². The summed E-state index contributed by atoms with van der Waals surface area (Å²) in [5.74, 6) is 0.603. The molecular formula is C14H21N3O. The van der Waals surface area contributed by atoms with Gasteiger partial charge in [-0.2, -0.15) is 0 Å². The summed E-state index contributed by atoms with van der Waals surface area (Å²) in [6, 6.07) is 4.20. The fraction of sp³-hybridized carbons (Fsp3) is 0.571. The number of carbonyl (C=O) groups is 1. The van der Waals surface area contributed by atoms with Crippen molar-refractivity contribution in [2.45, 2.75) is 26.3 Å². The van der Waals surface area contributed by atoms with Gasteiger partial charge in [-0.3, -0.25) is 9.78 Å². The van der Waals surface area contributed by atoms with Crippen molar-refractivity contribution in [3.63, 3.8) is 0 Å². The van der Waals surface area contributed by atoms with Crippen molar-refractivity contribution in [3.05, 3.63) is 29.6 Å². The molecule has 0 bridgehead atoms. The fourth-order valence-corrected chi connectivity index (χ4v) is 2.64. The van der Waals surface area contributed by atoms with Crippen LogP contribution in [0.25, 0.3) is 0 Å². The molecule has 4 nitrogen and oxygen atoms in total. The molecule has 0 aliphatic carbocycles. The van der Waals surface area contributed by atoms with Crippen LogP contribution in [0.2, 0.25) is 0 Å². The van der Waals surface area contributed by atoms with Crippen LogP contribution in [-0.2, 0) is 0 Å². The molecule has 2 heterocycles. The number of likely N-dealkylation sites (tertiary alicyclic amines) is 1. The normalized spacial score (nSPS) is 24.1. The molecule has 1 N–H and O–H groups in total. The van der Waals surface area contributed by atoms with Crippen molar-refractivity contribution < 1.29 is 4.79 Å². The lowest BCUT2D eigenvalue weighted by atomic mass is 9.93. The Kier molecular flexibility index (Phi) is 3.97. The van der Waals surface area contributed by atoms with Crippen molar-refractivity contribution in [3.8, 4) is 0 Å². The van der Waals surface area contributed by atoms with E-state index in [2.05, 4.69) is 17.2 Å². The summed E-state index contributed by atoms with van der Waals surface area (Å²) < 4.78 is 0. The molecule has 18 heavy (non-hydrogen) atoms. The van der Waals surface area contributed by atoms with Gasteiger partial charge in [0.2, 0.25) is 0 Å². The first-order chi connectivity index (χ1) is 8.63. The quantitative estimate of drug-likeness (QED) is 0.860. The van der Waals surface area contributed by atoms with Crippen LogP contribution in [0.4, 0.5) is 0 Å². The lowest BCUT2D eigenvalue weighted by Crippen LogP contribution is -2.49. The fourth-order valence-electron chi connectivity index (χ4n) is 2.64. The number of aromatic nitrogens is 1. The maximum Gasteiger partial charge on any atom is 0.255 e. The summed E-state index contributed by atoms with van der Waals surface area (Å²) in [5, 5.41) is 3.31. The second-order valence-corrected chi connectivity index (χ2v) is 5.05. The summed E-state index contributed by atoms with van der Waals surface area (Å²) in [4.78, 5) is 18.6. The third-order valence-electron chi connectivity index (χ3n) is 3.80. The minimum Gasteiger partial charge on any atom is -0.338 e. The van der Waals surface area contributed by atoms with E-state index in [-0.39, 0.29) is 5.91 Å². The van der Waals surface area contributed by atoms with Gasteiger partial charge in [-0.25, -0.2) is 0 Å². The summed E-state index contributed by atoms with van der Waals surface area (Å²) in [7, 11) is 1.99. The first-order valence-corrected chi connectivity index (χ1v) is 6.51. The number of nitrogens with one attached hydrogen (secondary N) is 1. The average Bonchev–Trinajstić information content (AvgIpc) is 2.38. The standard InChI is InChI=1S/C14H21N3O/c1-10-9-17(8-6-13(10)15-3)14(18)12-5-4-7-16-11(12)2/h4-5,7,10,13,15H,6,8-9H2,1-3H3. The molecule has 1 aromatic rings. The molecule has 2 atom stereocenters. The SMILES string of the molecule is CNC1CCN(C(=O)c2cccnc2C)CC1C. The molecule has 2 rings (SSSR count). The molecule has 0 radical (unpaired) electrons. The van der Waals surface area contributed by atoms with E-state index in [1.54, 1.807) is 6.20 Å². The predicted molar refractivity (Wildman–Crippen MR) is 71.5 cm³/mol. The Hall–Kier alpha value is -1.42. The lowest BCUT2D eigenvalue weighted by molar-refractivity contribution is 0.0648. The summed E-state index contributed by atoms with van der Waals surface area (Å²) in [6.07, 6.45) is 2.74. The number of carbonyl (C=O) groups excluding carboxylic acids is 1. The van der Waals surface area contributed by atoms with Crippen LogP contribution in [0, 0.1) is 12.8 Å². The molecule has 2 unspecified atom stereocenters. The van der Waals surface area contributed by atoms with E-state index in [9.17, 15) is 4.79 Å². The second-order valence-electron chi connectivity index (χ2n) is 5.05. The first kappa shape index (κ1) is 13.0. The minimum absolute atomic E-state index is 0.113. The topological polar surface area (TPSA) is 45.2 Å². The predicted octanol–water partition coefficient (Wildman–Crippen LogP) is 1.46. The van der Waals surface area contributed by atoms with Gasteiger partial charge in [0.1, 0.15) is 0 Å². The van der Waals surface area contributed by atoms with Crippen molar-refractivity contribution in [2.24, 2.45) is 5.92 Å². The molecule has 4 heteroatoms. The molecule has 1 aliphatic heterocycles. The Bertz CT molecular complexity index is 433. The number of hydrogen-bond acceptors (Lipinski definition) is 3. The summed E-state index contributed by atoms with van der Waals surface area (Å²) >= 11 is 0. The molecule has 0 spiro atoms. The number of rotatable bonds is 2. The van der Waals surface area contributed by atoms with E-state index in [1.165, 1.54) is 0 Å². The summed E-state index contributed by atoms with van der Waals surface area (Å²) in [6.45, 7) is 5.72. The average molecular weight is 247 g/mol. The van der Waals surface area contributed by atoms with Crippen LogP contribution in [0.1, 0.15) is 29.4 Å². The molecule has 1 aliphatic rings. The van der Waals surface area contributed by atoms with E-state index in [1.807, 2.05) is 31.0 Å². The second kappa shape index (κ2) is 5.48. The minimum atomic E-state index is 0.113. The number of nitrogens with zero attached hydrogens (tertiary/aromatic N) is 2. The highest BCUT2D eigenvalue weighted by molar-refractivity contribution is 5.95. The van der Waals surface area contributed by atoms with Crippen molar-refractivity contribution in [1.82, 2.24) is 15.2 Å². The molecule has 1 fully saturated rings. The maximum absolute atomic E-state index is 12.4. The molecular weight excluding hydrogens is 226 g/mol. The number of piperidine rings is 1. The van der Waals surface area contributed by atoms with Gasteiger partial charge in [-0.15, -0.1) is 0 Å². The van der Waals surface area contributed by atoms with Gasteiger partial charge < -0.3 is 10.2 Å². The van der Waals surface area contributed by atoms with Crippen LogP contribution in [0.15, 0.2) is 18.3 Å². The lowest BCUT2D eigenvalue weighted by Gasteiger charge is -2.37. The highest BCUT2D eigenvalue weighted by atomic mass is 16.2. The van der Waals surface area contributed by atoms with E-state index in [0.717, 1.165) is 30.8 Å². The Morgan fingerprint density at radius 3 is 2.94 bits per heavy atom. The van der Waals surface area contributed by atoms with E-state index in [4.69, 9.17) is 0 Å². The molecule has 0 saturated carbocycles. The van der Waals surface area contributed by atoms with Crippen LogP contribution in [-0.4, -0.2) is 42.0 Å². The Balaban J connectivity index is 2.10. The zero-order valence-corrected chi connectivity index (χ0v) is 11.3. The number of amides is 1. The third kappa shape index (κ3) is 2.53. The molecule has 1 saturated heterocycles. The van der Waals surface area contributed by atoms with Gasteiger partial charge in [0.25, 0.3) is 5.91 Å². The van der Waals surface area contributed by atoms with Crippen LogP contribution < -0.4 is 5.32 Å². The van der Waals surface area contributed by atoms with Crippen LogP contribution in [0.5, 0.6) is 0 Å². The Morgan fingerprint density at radius 2 is 2.33 bits per heavy atom. The van der Waals surface area contributed by atoms with Crippen molar-refractivity contribution >= 4 is 5.91 Å². The van der Waals surface area contributed by atoms with Gasteiger partial charge >= 0.3 is 0 Å². The highest BCUT2D eigenvalue weighted by Gasteiger charge is 2.28. The number of aryl methyl sites for hydroxylation is 1. The number of hydrogen-bond donors (Lipinski definition) is 1. The molecule has 1 amide bonds.